The molecule has 12 nitrogen and oxygen atoms in total. The number of nitrogens with zero attached hydrogens (tertiary/aromatic N) is 4. The van der Waals surface area contributed by atoms with Crippen molar-refractivity contribution in [1.82, 2.24) is 20.4 Å². The van der Waals surface area contributed by atoms with E-state index in [0.29, 0.717) is 52.4 Å². The van der Waals surface area contributed by atoms with Gasteiger partial charge in [0.2, 0.25) is 0 Å². The molecule has 1 unspecified atom stereocenters. The van der Waals surface area contributed by atoms with Crippen LogP contribution < -0.4 is 30.8 Å². The number of ether oxygens (including phenoxy) is 4. The van der Waals surface area contributed by atoms with Crippen molar-refractivity contribution in [2.45, 2.75) is 13.0 Å². The van der Waals surface area contributed by atoms with Crippen LogP contribution in [0.2, 0.25) is 0 Å². The van der Waals surface area contributed by atoms with E-state index in [9.17, 15) is 4.79 Å². The summed E-state index contributed by atoms with van der Waals surface area (Å²) in [7, 11) is 3.13. The molecule has 12 heteroatoms. The van der Waals surface area contributed by atoms with Gasteiger partial charge in [-0.3, -0.25) is 14.8 Å². The molecule has 1 aromatic carbocycles. The van der Waals surface area contributed by atoms with E-state index in [4.69, 9.17) is 24.8 Å². The van der Waals surface area contributed by atoms with E-state index in [1.807, 2.05) is 6.92 Å². The molecule has 4 rings (SSSR count). The fraction of sp³-hybridized carbons (Fsp3) is 0.185. The lowest BCUT2D eigenvalue weighted by atomic mass is 10.2. The maximum absolute atomic E-state index is 13.1. The van der Waals surface area contributed by atoms with Crippen molar-refractivity contribution in [2.24, 2.45) is 10.9 Å². The highest BCUT2D eigenvalue weighted by atomic mass is 16.5. The summed E-state index contributed by atoms with van der Waals surface area (Å²) >= 11 is 0. The first-order valence-corrected chi connectivity index (χ1v) is 11.9. The molecule has 202 valence electrons. The average molecular weight is 532 g/mol. The standard InChI is InChI=1S/C27H29N7O5/c1-5-7-17(14-31-28)34-16-24(38-6-2)26(33-34)27(35)32-25-9-8-18(15-30-25)39-21-10-11-29-20-13-23(37-4)22(36-3)12-19(20)21/h5,7-16,26,33H,1,6,28H2,2-4H3,(H,30,32,35)/b17-7+,31-14-. The number of hydrogen-bond donors (Lipinski definition) is 3. The second kappa shape index (κ2) is 12.4. The fourth-order valence-corrected chi connectivity index (χ4v) is 3.83. The Morgan fingerprint density at radius 1 is 1.21 bits per heavy atom. The van der Waals surface area contributed by atoms with Gasteiger partial charge in [0.05, 0.1) is 50.7 Å². The van der Waals surface area contributed by atoms with Crippen molar-refractivity contribution < 1.29 is 23.7 Å². The van der Waals surface area contributed by atoms with Crippen LogP contribution in [0.5, 0.6) is 23.0 Å². The van der Waals surface area contributed by atoms with Gasteiger partial charge in [0.25, 0.3) is 5.91 Å². The number of hydrogen-bond acceptors (Lipinski definition) is 11. The normalized spacial score (nSPS) is 15.3. The monoisotopic (exact) mass is 531 g/mol. The number of hydrazone groups is 1. The summed E-state index contributed by atoms with van der Waals surface area (Å²) in [5, 5.41) is 8.66. The first-order valence-electron chi connectivity index (χ1n) is 11.9. The van der Waals surface area contributed by atoms with Crippen LogP contribution in [-0.2, 0) is 9.53 Å². The van der Waals surface area contributed by atoms with Crippen molar-refractivity contribution in [3.63, 3.8) is 0 Å². The number of pyridine rings is 2. The first kappa shape index (κ1) is 26.9. The van der Waals surface area contributed by atoms with Crippen LogP contribution in [0.3, 0.4) is 0 Å². The Bertz CT molecular complexity index is 1440. The summed E-state index contributed by atoms with van der Waals surface area (Å²) in [6.45, 7) is 5.90. The molecule has 39 heavy (non-hydrogen) atoms. The molecule has 0 saturated carbocycles. The Labute approximate surface area is 225 Å². The fourth-order valence-electron chi connectivity index (χ4n) is 3.83. The number of carbonyl (C=O) groups excluding carboxylic acids is 1. The van der Waals surface area contributed by atoms with Crippen LogP contribution in [0.4, 0.5) is 5.82 Å². The van der Waals surface area contributed by atoms with E-state index in [-0.39, 0.29) is 5.91 Å². The van der Waals surface area contributed by atoms with Crippen LogP contribution in [-0.4, -0.2) is 54.0 Å². The molecular formula is C27H29N7O5. The average Bonchev–Trinajstić information content (AvgIpc) is 3.37. The lowest BCUT2D eigenvalue weighted by Gasteiger charge is -2.19. The van der Waals surface area contributed by atoms with E-state index >= 15 is 0 Å². The molecule has 0 aliphatic carbocycles. The third-order valence-electron chi connectivity index (χ3n) is 5.58. The molecule has 0 spiro atoms. The predicted octanol–water partition coefficient (Wildman–Crippen LogP) is 3.46. The summed E-state index contributed by atoms with van der Waals surface area (Å²) in [6.07, 6.45) is 9.49. The van der Waals surface area contributed by atoms with E-state index in [1.165, 1.54) is 12.4 Å². The number of allylic oxidation sites excluding steroid dienone is 3. The second-order valence-corrected chi connectivity index (χ2v) is 8.01. The molecule has 3 aromatic rings. The highest BCUT2D eigenvalue weighted by molar-refractivity contribution is 5.96. The number of anilines is 1. The van der Waals surface area contributed by atoms with Crippen molar-refractivity contribution >= 4 is 28.8 Å². The molecule has 2 aromatic heterocycles. The van der Waals surface area contributed by atoms with Crippen LogP contribution in [0, 0.1) is 0 Å². The van der Waals surface area contributed by atoms with Gasteiger partial charge in [-0.25, -0.2) is 10.4 Å². The minimum Gasteiger partial charge on any atom is -0.494 e. The van der Waals surface area contributed by atoms with E-state index in [1.54, 1.807) is 74.1 Å². The summed E-state index contributed by atoms with van der Waals surface area (Å²) in [4.78, 5) is 21.8. The zero-order chi connectivity index (χ0) is 27.8. The van der Waals surface area contributed by atoms with E-state index < -0.39 is 6.04 Å². The number of carbonyl (C=O) groups is 1. The molecule has 0 radical (unpaired) electrons. The van der Waals surface area contributed by atoms with Crippen LogP contribution in [0.15, 0.2) is 84.2 Å². The number of nitrogens with two attached hydrogens (primary N) is 1. The minimum absolute atomic E-state index is 0.333. The maximum atomic E-state index is 13.1. The summed E-state index contributed by atoms with van der Waals surface area (Å²) in [5.41, 5.74) is 4.31. The highest BCUT2D eigenvalue weighted by Gasteiger charge is 2.33. The summed E-state index contributed by atoms with van der Waals surface area (Å²) in [6, 6.07) is 7.85. The smallest absolute Gasteiger partial charge is 0.252 e. The Morgan fingerprint density at radius 2 is 2.00 bits per heavy atom. The largest absolute Gasteiger partial charge is 0.494 e. The van der Waals surface area contributed by atoms with Gasteiger partial charge < -0.3 is 30.1 Å². The van der Waals surface area contributed by atoms with Gasteiger partial charge in [0.1, 0.15) is 23.1 Å². The number of aromatic nitrogens is 2. The van der Waals surface area contributed by atoms with Crippen LogP contribution in [0.25, 0.3) is 10.9 Å². The Morgan fingerprint density at radius 3 is 2.67 bits per heavy atom. The molecule has 1 amide bonds. The molecule has 3 heterocycles. The number of methoxy groups -OCH3 is 2. The van der Waals surface area contributed by atoms with Crippen molar-refractivity contribution in [2.75, 3.05) is 26.1 Å². The number of rotatable bonds is 11. The molecule has 0 saturated heterocycles. The van der Waals surface area contributed by atoms with Gasteiger partial charge in [0, 0.05) is 17.6 Å². The van der Waals surface area contributed by atoms with E-state index in [0.717, 1.165) is 5.39 Å². The lowest BCUT2D eigenvalue weighted by Crippen LogP contribution is -2.44. The number of amides is 1. The zero-order valence-corrected chi connectivity index (χ0v) is 21.7. The maximum Gasteiger partial charge on any atom is 0.252 e. The van der Waals surface area contributed by atoms with Gasteiger partial charge in [-0.15, -0.1) is 0 Å². The number of hydrazine groups is 1. The second-order valence-electron chi connectivity index (χ2n) is 8.01. The quantitative estimate of drug-likeness (QED) is 0.146. The van der Waals surface area contributed by atoms with Gasteiger partial charge in [-0.2, -0.15) is 5.10 Å². The van der Waals surface area contributed by atoms with Crippen molar-refractivity contribution in [1.29, 1.82) is 0 Å². The van der Waals surface area contributed by atoms with Crippen molar-refractivity contribution in [3.8, 4) is 23.0 Å². The topological polar surface area (TPSA) is 145 Å². The molecule has 0 fully saturated rings. The number of benzene rings is 1. The molecule has 1 aliphatic rings. The third-order valence-corrected chi connectivity index (χ3v) is 5.58. The predicted molar refractivity (Wildman–Crippen MR) is 147 cm³/mol. The SMILES string of the molecule is C=C/C=C(\C=N/N)N1C=C(OCC)C(C(=O)Nc2ccc(Oc3ccnc4cc(OC)c(OC)cc34)cn2)N1. The molecule has 4 N–H and O–H groups in total. The van der Waals surface area contributed by atoms with Gasteiger partial charge in [0.15, 0.2) is 17.5 Å². The lowest BCUT2D eigenvalue weighted by molar-refractivity contribution is -0.118. The van der Waals surface area contributed by atoms with Crippen LogP contribution >= 0.6 is 0 Å². The van der Waals surface area contributed by atoms with Crippen molar-refractivity contribution in [3.05, 3.63) is 79.1 Å². The summed E-state index contributed by atoms with van der Waals surface area (Å²) < 4.78 is 22.5. The Balaban J connectivity index is 1.48. The molecule has 1 aliphatic heterocycles. The van der Waals surface area contributed by atoms with Gasteiger partial charge in [-0.05, 0) is 37.3 Å². The zero-order valence-electron chi connectivity index (χ0n) is 21.7. The Kier molecular flexibility index (Phi) is 8.59. The molecular weight excluding hydrogens is 502 g/mol. The number of nitrogens with one attached hydrogen (secondary N) is 2. The Hall–Kier alpha value is -5.10. The summed E-state index contributed by atoms with van der Waals surface area (Å²) in [5.74, 6) is 7.84. The highest BCUT2D eigenvalue weighted by Crippen LogP contribution is 2.36. The van der Waals surface area contributed by atoms with Gasteiger partial charge >= 0.3 is 0 Å². The van der Waals surface area contributed by atoms with Gasteiger partial charge in [-0.1, -0.05) is 12.7 Å². The molecule has 0 bridgehead atoms. The minimum atomic E-state index is -0.808. The third kappa shape index (κ3) is 6.08. The van der Waals surface area contributed by atoms with E-state index in [2.05, 4.69) is 32.4 Å². The number of fused-ring (bicyclic) bond motifs is 1. The van der Waals surface area contributed by atoms with Crippen LogP contribution in [0.1, 0.15) is 6.92 Å². The molecule has 1 atom stereocenters. The first-order chi connectivity index (χ1) is 19.0.